The number of pyridine rings is 1. The number of benzene rings is 1. The smallest absolute Gasteiger partial charge is 0.141 e. The number of nitrogens with one attached hydrogen (secondary N) is 1. The van der Waals surface area contributed by atoms with Gasteiger partial charge in [-0.1, -0.05) is 71.5 Å². The lowest BCUT2D eigenvalue weighted by Gasteiger charge is -2.23. The van der Waals surface area contributed by atoms with Gasteiger partial charge in [0.25, 0.3) is 0 Å². The number of aliphatic imine (C=N–C) groups is 1. The minimum atomic E-state index is -0.331. The van der Waals surface area contributed by atoms with E-state index in [1.807, 2.05) is 19.1 Å². The van der Waals surface area contributed by atoms with Gasteiger partial charge in [-0.2, -0.15) is 0 Å². The number of unbranched alkanes of at least 4 members (excludes halogenated alkanes) is 1. The lowest BCUT2D eigenvalue weighted by molar-refractivity contribution is 0.430. The summed E-state index contributed by atoms with van der Waals surface area (Å²) in [5, 5.41) is 3.45. The molecule has 0 saturated carbocycles. The van der Waals surface area contributed by atoms with Crippen LogP contribution in [-0.2, 0) is 6.42 Å². The van der Waals surface area contributed by atoms with Gasteiger partial charge in [-0.25, -0.2) is 4.39 Å². The van der Waals surface area contributed by atoms with E-state index in [1.54, 1.807) is 6.07 Å². The van der Waals surface area contributed by atoms with Crippen molar-refractivity contribution in [3.8, 4) is 11.3 Å². The van der Waals surface area contributed by atoms with Gasteiger partial charge in [0, 0.05) is 17.0 Å². The lowest BCUT2D eigenvalue weighted by Crippen LogP contribution is -2.31. The largest absolute Gasteiger partial charge is 0.380 e. The zero-order valence-electron chi connectivity index (χ0n) is 20.3. The number of hydrogen-bond donors (Lipinski definition) is 1. The fraction of sp³-hybridized carbons (Fsp3) is 0.429. The molecule has 172 valence electrons. The Balaban J connectivity index is 2.20. The van der Waals surface area contributed by atoms with Crippen LogP contribution in [0.3, 0.4) is 0 Å². The Labute approximate surface area is 193 Å². The Kier molecular flexibility index (Phi) is 9.37. The summed E-state index contributed by atoms with van der Waals surface area (Å²) in [7, 11) is 0. The zero-order valence-corrected chi connectivity index (χ0v) is 20.3. The van der Waals surface area contributed by atoms with Gasteiger partial charge >= 0.3 is 0 Å². The summed E-state index contributed by atoms with van der Waals surface area (Å²) in [4.78, 5) is 9.16. The highest BCUT2D eigenvalue weighted by molar-refractivity contribution is 5.86. The standard InChI is InChI=1S/C28H38FN3/c1-8-9-10-25(18-28(5,6)7)32-21(4)27(31-20(2)3)17-22-11-13-23(14-12-22)26-16-15-24(29)19-30-26/h11-16,19,27,31H,2,4,8-10,17-18H2,1,3,5-7H3. The van der Waals surface area contributed by atoms with Crippen LogP contribution in [0.2, 0.25) is 0 Å². The summed E-state index contributed by atoms with van der Waals surface area (Å²) in [6.07, 6.45) is 6.25. The van der Waals surface area contributed by atoms with E-state index in [9.17, 15) is 4.39 Å². The van der Waals surface area contributed by atoms with Crippen LogP contribution in [0.15, 0.2) is 72.1 Å². The van der Waals surface area contributed by atoms with Gasteiger partial charge in [0.1, 0.15) is 5.82 Å². The van der Waals surface area contributed by atoms with E-state index in [1.165, 1.54) is 18.0 Å². The van der Waals surface area contributed by atoms with Gasteiger partial charge in [-0.3, -0.25) is 9.98 Å². The van der Waals surface area contributed by atoms with Crippen molar-refractivity contribution >= 4 is 5.71 Å². The second-order valence-electron chi connectivity index (χ2n) is 9.75. The van der Waals surface area contributed by atoms with E-state index >= 15 is 0 Å². The zero-order chi connectivity index (χ0) is 23.7. The Morgan fingerprint density at radius 2 is 1.81 bits per heavy atom. The topological polar surface area (TPSA) is 37.3 Å². The second kappa shape index (κ2) is 11.8. The molecule has 0 aliphatic carbocycles. The van der Waals surface area contributed by atoms with Crippen LogP contribution in [0.1, 0.15) is 65.9 Å². The molecular weight excluding hydrogens is 397 g/mol. The average Bonchev–Trinajstić information content (AvgIpc) is 2.71. The van der Waals surface area contributed by atoms with Crippen molar-refractivity contribution in [1.29, 1.82) is 0 Å². The van der Waals surface area contributed by atoms with Gasteiger partial charge < -0.3 is 5.32 Å². The summed E-state index contributed by atoms with van der Waals surface area (Å²) in [6, 6.07) is 11.3. The monoisotopic (exact) mass is 435 g/mol. The molecular formula is C28H38FN3. The Bertz CT molecular complexity index is 919. The molecule has 0 fully saturated rings. The predicted octanol–water partition coefficient (Wildman–Crippen LogP) is 7.50. The van der Waals surface area contributed by atoms with Crippen molar-refractivity contribution in [3.05, 3.63) is 78.5 Å². The second-order valence-corrected chi connectivity index (χ2v) is 9.75. The first-order chi connectivity index (χ1) is 15.1. The minimum Gasteiger partial charge on any atom is -0.380 e. The van der Waals surface area contributed by atoms with Crippen molar-refractivity contribution in [2.75, 3.05) is 0 Å². The molecule has 32 heavy (non-hydrogen) atoms. The van der Waals surface area contributed by atoms with Crippen molar-refractivity contribution in [2.45, 2.75) is 72.8 Å². The van der Waals surface area contributed by atoms with Crippen LogP contribution < -0.4 is 5.32 Å². The van der Waals surface area contributed by atoms with Gasteiger partial charge in [-0.15, -0.1) is 0 Å². The number of hydrogen-bond acceptors (Lipinski definition) is 3. The third-order valence-corrected chi connectivity index (χ3v) is 5.09. The van der Waals surface area contributed by atoms with E-state index < -0.39 is 0 Å². The van der Waals surface area contributed by atoms with Crippen molar-refractivity contribution in [2.24, 2.45) is 10.4 Å². The highest BCUT2D eigenvalue weighted by Crippen LogP contribution is 2.24. The van der Waals surface area contributed by atoms with Crippen molar-refractivity contribution in [1.82, 2.24) is 10.3 Å². The van der Waals surface area contributed by atoms with Crippen molar-refractivity contribution in [3.63, 3.8) is 0 Å². The highest BCUT2D eigenvalue weighted by Gasteiger charge is 2.18. The summed E-state index contributed by atoms with van der Waals surface area (Å²) >= 11 is 0. The quantitative estimate of drug-likeness (QED) is 0.371. The number of nitrogens with zero attached hydrogens (tertiary/aromatic N) is 2. The Hall–Kier alpha value is -2.75. The average molecular weight is 436 g/mol. The highest BCUT2D eigenvalue weighted by atomic mass is 19.1. The van der Waals surface area contributed by atoms with E-state index in [0.717, 1.165) is 60.3 Å². The van der Waals surface area contributed by atoms with Crippen LogP contribution in [0.4, 0.5) is 4.39 Å². The predicted molar refractivity (Wildman–Crippen MR) is 135 cm³/mol. The summed E-state index contributed by atoms with van der Waals surface area (Å²) in [5.74, 6) is -0.331. The maximum Gasteiger partial charge on any atom is 0.141 e. The molecule has 0 radical (unpaired) electrons. The first-order valence-corrected chi connectivity index (χ1v) is 11.5. The molecule has 0 amide bonds. The first-order valence-electron chi connectivity index (χ1n) is 11.5. The SMILES string of the molecule is C=C(C)NC(Cc1ccc(-c2ccc(F)cn2)cc1)C(=C)N=C(CCCC)CC(C)(C)C. The van der Waals surface area contributed by atoms with E-state index in [-0.39, 0.29) is 17.3 Å². The van der Waals surface area contributed by atoms with E-state index in [2.05, 4.69) is 63.3 Å². The van der Waals surface area contributed by atoms with Crippen LogP contribution in [0.25, 0.3) is 11.3 Å². The molecule has 1 heterocycles. The number of rotatable bonds is 11. The molecule has 3 nitrogen and oxygen atoms in total. The third-order valence-electron chi connectivity index (χ3n) is 5.09. The van der Waals surface area contributed by atoms with Crippen LogP contribution in [-0.4, -0.2) is 16.7 Å². The number of allylic oxidation sites excluding steroid dienone is 1. The molecule has 4 heteroatoms. The summed E-state index contributed by atoms with van der Waals surface area (Å²) < 4.78 is 13.1. The fourth-order valence-corrected chi connectivity index (χ4v) is 3.60. The molecule has 1 unspecified atom stereocenters. The molecule has 2 aromatic rings. The molecule has 0 saturated heterocycles. The van der Waals surface area contributed by atoms with Crippen LogP contribution >= 0.6 is 0 Å². The number of aromatic nitrogens is 1. The molecule has 1 atom stereocenters. The number of halogens is 1. The summed E-state index contributed by atoms with van der Waals surface area (Å²) in [5.41, 5.74) is 6.02. The normalized spacial score (nSPS) is 13.0. The molecule has 0 bridgehead atoms. The van der Waals surface area contributed by atoms with Gasteiger partial charge in [0.15, 0.2) is 0 Å². The molecule has 0 aliphatic heterocycles. The lowest BCUT2D eigenvalue weighted by atomic mass is 9.88. The fourth-order valence-electron chi connectivity index (χ4n) is 3.60. The maximum absolute atomic E-state index is 13.1. The van der Waals surface area contributed by atoms with Crippen molar-refractivity contribution < 1.29 is 4.39 Å². The molecule has 0 aliphatic rings. The molecule has 2 rings (SSSR count). The minimum absolute atomic E-state index is 0.0288. The molecule has 1 N–H and O–H groups in total. The Morgan fingerprint density at radius 3 is 2.34 bits per heavy atom. The van der Waals surface area contributed by atoms with Crippen LogP contribution in [0, 0.1) is 11.2 Å². The van der Waals surface area contributed by atoms with E-state index in [4.69, 9.17) is 4.99 Å². The summed E-state index contributed by atoms with van der Waals surface area (Å²) in [6.45, 7) is 19.3. The van der Waals surface area contributed by atoms with E-state index in [0.29, 0.717) is 0 Å². The molecule has 1 aromatic carbocycles. The van der Waals surface area contributed by atoms with Gasteiger partial charge in [0.05, 0.1) is 23.6 Å². The molecule has 1 aromatic heterocycles. The van der Waals surface area contributed by atoms with Gasteiger partial charge in [-0.05, 0) is 55.7 Å². The van der Waals surface area contributed by atoms with Crippen LogP contribution in [0.5, 0.6) is 0 Å². The first kappa shape index (κ1) is 25.5. The molecule has 0 spiro atoms. The maximum atomic E-state index is 13.1. The van der Waals surface area contributed by atoms with Gasteiger partial charge in [0.2, 0.25) is 0 Å². The Morgan fingerprint density at radius 1 is 1.12 bits per heavy atom. The third kappa shape index (κ3) is 8.78.